The lowest BCUT2D eigenvalue weighted by atomic mass is 10.1. The fourth-order valence-corrected chi connectivity index (χ4v) is 3.41. The van der Waals surface area contributed by atoms with Gasteiger partial charge in [0.2, 0.25) is 0 Å². The van der Waals surface area contributed by atoms with Gasteiger partial charge in [-0.2, -0.15) is 0 Å². The van der Waals surface area contributed by atoms with E-state index in [4.69, 9.17) is 4.74 Å². The Morgan fingerprint density at radius 1 is 1.04 bits per heavy atom. The average Bonchev–Trinajstić information content (AvgIpc) is 2.89. The summed E-state index contributed by atoms with van der Waals surface area (Å²) in [5.74, 6) is 0.606. The van der Waals surface area contributed by atoms with Gasteiger partial charge in [-0.1, -0.05) is 40.2 Å². The number of halogens is 1. The number of carbonyl (C=O) groups excluding carboxylic acids is 1. The molecule has 0 aromatic heterocycles. The average molecular weight is 398 g/mol. The molecule has 1 amide bonds. The van der Waals surface area contributed by atoms with Crippen LogP contribution >= 0.6 is 15.9 Å². The highest BCUT2D eigenvalue weighted by atomic mass is 79.9. The first-order valence-corrected chi connectivity index (χ1v) is 8.83. The van der Waals surface area contributed by atoms with Gasteiger partial charge in [-0.15, -0.1) is 0 Å². The molecule has 1 heterocycles. The smallest absolute Gasteiger partial charge is 0.259 e. The summed E-state index contributed by atoms with van der Waals surface area (Å²) in [6.07, 6.45) is -0.780. The second-order valence-electron chi connectivity index (χ2n) is 6.02. The van der Waals surface area contributed by atoms with Crippen molar-refractivity contribution in [3.8, 4) is 5.75 Å². The van der Waals surface area contributed by atoms with Gasteiger partial charge in [-0.3, -0.25) is 4.79 Å². The molecule has 0 aliphatic carbocycles. The molecule has 1 N–H and O–H groups in total. The number of aliphatic hydroxyl groups excluding tert-OH is 1. The van der Waals surface area contributed by atoms with E-state index in [1.807, 2.05) is 60.7 Å². The van der Waals surface area contributed by atoms with Crippen LogP contribution in [0, 0.1) is 0 Å². The van der Waals surface area contributed by atoms with Gasteiger partial charge in [0.15, 0.2) is 0 Å². The minimum absolute atomic E-state index is 0.0745. The van der Waals surface area contributed by atoms with E-state index < -0.39 is 6.10 Å². The van der Waals surface area contributed by atoms with Crippen molar-refractivity contribution in [2.24, 2.45) is 0 Å². The fourth-order valence-electron chi connectivity index (χ4n) is 3.15. The van der Waals surface area contributed by atoms with E-state index in [2.05, 4.69) is 15.9 Å². The van der Waals surface area contributed by atoms with Gasteiger partial charge < -0.3 is 14.7 Å². The molecule has 0 bridgehead atoms. The quantitative estimate of drug-likeness (QED) is 0.707. The molecule has 1 aliphatic rings. The van der Waals surface area contributed by atoms with E-state index in [9.17, 15) is 9.90 Å². The minimum Gasteiger partial charge on any atom is -0.491 e. The minimum atomic E-state index is -0.780. The number of rotatable bonds is 5. The number of nitrogens with zero attached hydrogens (tertiary/aromatic N) is 1. The van der Waals surface area contributed by atoms with Crippen molar-refractivity contribution in [1.82, 2.24) is 0 Å². The van der Waals surface area contributed by atoms with Gasteiger partial charge in [-0.25, -0.2) is 0 Å². The first-order valence-electron chi connectivity index (χ1n) is 8.03. The monoisotopic (exact) mass is 397 g/mol. The summed E-state index contributed by atoms with van der Waals surface area (Å²) in [5, 5.41) is 12.3. The van der Waals surface area contributed by atoms with Crippen molar-refractivity contribution in [3.63, 3.8) is 0 Å². The highest BCUT2D eigenvalue weighted by Gasteiger charge is 2.30. The largest absolute Gasteiger partial charge is 0.491 e. The first-order chi connectivity index (χ1) is 12.1. The molecule has 1 unspecified atom stereocenters. The van der Waals surface area contributed by atoms with Gasteiger partial charge in [0.1, 0.15) is 18.5 Å². The molecule has 0 saturated carbocycles. The third-order valence-corrected chi connectivity index (χ3v) is 4.83. The van der Waals surface area contributed by atoms with Crippen molar-refractivity contribution >= 4 is 38.3 Å². The Hall–Kier alpha value is -2.37. The van der Waals surface area contributed by atoms with Crippen LogP contribution in [0.25, 0.3) is 10.8 Å². The second-order valence-corrected chi connectivity index (χ2v) is 6.93. The molecule has 0 fully saturated rings. The number of benzene rings is 3. The molecule has 4 nitrogen and oxygen atoms in total. The van der Waals surface area contributed by atoms with E-state index in [1.165, 1.54) is 0 Å². The van der Waals surface area contributed by atoms with E-state index in [0.29, 0.717) is 11.3 Å². The summed E-state index contributed by atoms with van der Waals surface area (Å²) in [4.78, 5) is 14.3. The van der Waals surface area contributed by atoms with Gasteiger partial charge in [-0.05, 0) is 41.8 Å². The third kappa shape index (κ3) is 3.01. The van der Waals surface area contributed by atoms with E-state index in [1.54, 1.807) is 4.90 Å². The first kappa shape index (κ1) is 16.1. The molecule has 0 saturated heterocycles. The zero-order valence-electron chi connectivity index (χ0n) is 13.4. The highest BCUT2D eigenvalue weighted by molar-refractivity contribution is 9.10. The van der Waals surface area contributed by atoms with Crippen molar-refractivity contribution in [2.45, 2.75) is 6.10 Å². The normalized spacial score (nSPS) is 14.2. The number of ether oxygens (including phenoxy) is 1. The predicted octanol–water partition coefficient (Wildman–Crippen LogP) is 4.00. The SMILES string of the molecule is O=C1c2cccc3cccc(c23)N1CC(O)COc1ccc(Br)cc1. The maximum absolute atomic E-state index is 12.7. The molecule has 4 rings (SSSR count). The number of amides is 1. The molecule has 3 aromatic rings. The van der Waals surface area contributed by atoms with Crippen LogP contribution in [0.2, 0.25) is 0 Å². The third-order valence-electron chi connectivity index (χ3n) is 4.30. The van der Waals surface area contributed by atoms with Gasteiger partial charge in [0, 0.05) is 15.4 Å². The molecular formula is C20H16BrNO3. The Bertz CT molecular complexity index is 934. The standard InChI is InChI=1S/C20H16BrNO3/c21-14-7-9-16(10-8-14)25-12-15(23)11-22-18-6-2-4-13-3-1-5-17(19(13)18)20(22)24/h1-10,15,23H,11-12H2. The summed E-state index contributed by atoms with van der Waals surface area (Å²) in [7, 11) is 0. The van der Waals surface area contributed by atoms with Crippen molar-refractivity contribution in [2.75, 3.05) is 18.1 Å². The molecule has 0 spiro atoms. The highest BCUT2D eigenvalue weighted by Crippen LogP contribution is 2.37. The maximum Gasteiger partial charge on any atom is 0.259 e. The Labute approximate surface area is 153 Å². The molecule has 5 heteroatoms. The van der Waals surface area contributed by atoms with Crippen LogP contribution in [0.3, 0.4) is 0 Å². The second kappa shape index (κ2) is 6.50. The number of β-amino-alcohol motifs (C(OH)–C–C–N with tert-alkyl or cyclic N) is 1. The molecule has 126 valence electrons. The summed E-state index contributed by atoms with van der Waals surface area (Å²) in [5.41, 5.74) is 1.54. The Kier molecular flexibility index (Phi) is 4.19. The topological polar surface area (TPSA) is 49.8 Å². The molecule has 0 radical (unpaired) electrons. The lowest BCUT2D eigenvalue weighted by Crippen LogP contribution is -2.37. The van der Waals surface area contributed by atoms with Crippen LogP contribution in [0.15, 0.2) is 65.1 Å². The zero-order chi connectivity index (χ0) is 17.4. The summed E-state index contributed by atoms with van der Waals surface area (Å²) in [6, 6.07) is 19.0. The van der Waals surface area contributed by atoms with E-state index >= 15 is 0 Å². The van der Waals surface area contributed by atoms with Crippen LogP contribution in [0.4, 0.5) is 5.69 Å². The van der Waals surface area contributed by atoms with Crippen molar-refractivity contribution in [1.29, 1.82) is 0 Å². The summed E-state index contributed by atoms with van der Waals surface area (Å²) in [6.45, 7) is 0.320. The van der Waals surface area contributed by atoms with Gasteiger partial charge in [0.05, 0.1) is 12.2 Å². The number of hydrogen-bond donors (Lipinski definition) is 1. The van der Waals surface area contributed by atoms with Crippen LogP contribution in [-0.2, 0) is 0 Å². The molecule has 1 atom stereocenters. The van der Waals surface area contributed by atoms with Crippen LogP contribution in [-0.4, -0.2) is 30.3 Å². The Morgan fingerprint density at radius 2 is 1.76 bits per heavy atom. The van der Waals surface area contributed by atoms with Crippen LogP contribution in [0.1, 0.15) is 10.4 Å². The predicted molar refractivity (Wildman–Crippen MR) is 101 cm³/mol. The molecule has 1 aliphatic heterocycles. The lowest BCUT2D eigenvalue weighted by molar-refractivity contribution is 0.0913. The molecular weight excluding hydrogens is 382 g/mol. The van der Waals surface area contributed by atoms with Crippen molar-refractivity contribution in [3.05, 3.63) is 70.7 Å². The van der Waals surface area contributed by atoms with E-state index in [-0.39, 0.29) is 19.1 Å². The summed E-state index contributed by atoms with van der Waals surface area (Å²) >= 11 is 3.37. The Morgan fingerprint density at radius 3 is 2.52 bits per heavy atom. The number of hydrogen-bond acceptors (Lipinski definition) is 3. The summed E-state index contributed by atoms with van der Waals surface area (Å²) < 4.78 is 6.58. The van der Waals surface area contributed by atoms with Crippen LogP contribution < -0.4 is 9.64 Å². The Balaban J connectivity index is 1.49. The number of anilines is 1. The van der Waals surface area contributed by atoms with Crippen molar-refractivity contribution < 1.29 is 14.6 Å². The molecule has 3 aromatic carbocycles. The number of carbonyl (C=O) groups is 1. The lowest BCUT2D eigenvalue weighted by Gasteiger charge is -2.21. The fraction of sp³-hybridized carbons (Fsp3) is 0.150. The van der Waals surface area contributed by atoms with Gasteiger partial charge in [0.25, 0.3) is 5.91 Å². The van der Waals surface area contributed by atoms with E-state index in [0.717, 1.165) is 20.9 Å². The van der Waals surface area contributed by atoms with Gasteiger partial charge >= 0.3 is 0 Å². The zero-order valence-corrected chi connectivity index (χ0v) is 14.9. The maximum atomic E-state index is 12.7. The van der Waals surface area contributed by atoms with Crippen LogP contribution in [0.5, 0.6) is 5.75 Å². The molecule has 25 heavy (non-hydrogen) atoms. The number of aliphatic hydroxyl groups is 1.